The van der Waals surface area contributed by atoms with Crippen LogP contribution in [0.4, 0.5) is 5.69 Å². The average molecular weight is 358 g/mol. The maximum absolute atomic E-state index is 11.9. The van der Waals surface area contributed by atoms with Crippen molar-refractivity contribution in [3.63, 3.8) is 0 Å². The summed E-state index contributed by atoms with van der Waals surface area (Å²) in [7, 11) is -3.12. The summed E-state index contributed by atoms with van der Waals surface area (Å²) < 4.78 is 29.6. The first-order valence-electron chi connectivity index (χ1n) is 8.10. The molecule has 4 rings (SSSR count). The number of amides is 1. The summed E-state index contributed by atoms with van der Waals surface area (Å²) in [6.45, 7) is 0.162. The summed E-state index contributed by atoms with van der Waals surface area (Å²) in [5.41, 5.74) is 0.822. The molecule has 2 aromatic carbocycles. The Morgan fingerprint density at radius 2 is 1.64 bits per heavy atom. The molecule has 2 aliphatic rings. The number of anilines is 1. The molecule has 2 heterocycles. The molecule has 1 N–H and O–H groups in total. The zero-order chi connectivity index (χ0) is 17.4. The highest BCUT2D eigenvalue weighted by Gasteiger charge is 2.45. The Kier molecular flexibility index (Phi) is 3.88. The third-order valence-corrected chi connectivity index (χ3v) is 6.25. The minimum absolute atomic E-state index is 0.00904. The molecule has 2 fully saturated rings. The van der Waals surface area contributed by atoms with Gasteiger partial charge in [0.25, 0.3) is 0 Å². The second-order valence-corrected chi connectivity index (χ2v) is 8.51. The number of hydrogen-bond acceptors (Lipinski definition) is 5. The van der Waals surface area contributed by atoms with E-state index in [-0.39, 0.29) is 36.0 Å². The van der Waals surface area contributed by atoms with Crippen LogP contribution in [0.5, 0.6) is 11.5 Å². The number of nitrogens with zero attached hydrogens (tertiary/aromatic N) is 1. The number of fused-ring (bicyclic) bond motifs is 1. The van der Waals surface area contributed by atoms with Gasteiger partial charge in [-0.15, -0.1) is 0 Å². The second-order valence-electron chi connectivity index (χ2n) is 6.36. The van der Waals surface area contributed by atoms with Crippen LogP contribution < -0.4 is 15.0 Å². The molecule has 2 saturated heterocycles. The minimum atomic E-state index is -3.12. The molecule has 2 atom stereocenters. The molecular weight excluding hydrogens is 340 g/mol. The molecular formula is C18H18N2O4S. The molecule has 0 aliphatic carbocycles. The quantitative estimate of drug-likeness (QED) is 0.902. The Bertz CT molecular complexity index is 881. The number of rotatable bonds is 3. The van der Waals surface area contributed by atoms with E-state index in [1.165, 1.54) is 0 Å². The number of carbonyl (C=O) groups is 1. The average Bonchev–Trinajstić information content (AvgIpc) is 2.89. The molecule has 7 heteroatoms. The molecule has 0 spiro atoms. The van der Waals surface area contributed by atoms with E-state index in [0.717, 1.165) is 11.4 Å². The Morgan fingerprint density at radius 3 is 2.36 bits per heavy atom. The van der Waals surface area contributed by atoms with Gasteiger partial charge in [-0.3, -0.25) is 4.79 Å². The van der Waals surface area contributed by atoms with Crippen LogP contribution in [0.1, 0.15) is 0 Å². The topological polar surface area (TPSA) is 75.7 Å². The van der Waals surface area contributed by atoms with Gasteiger partial charge < -0.3 is 15.0 Å². The third-order valence-electron chi connectivity index (χ3n) is 4.53. The molecule has 0 bridgehead atoms. The lowest BCUT2D eigenvalue weighted by Crippen LogP contribution is -2.60. The van der Waals surface area contributed by atoms with Gasteiger partial charge in [-0.1, -0.05) is 18.2 Å². The molecule has 1 amide bonds. The van der Waals surface area contributed by atoms with Crippen LogP contribution in [-0.2, 0) is 14.6 Å². The number of piperazine rings is 1. The predicted octanol–water partition coefficient (Wildman–Crippen LogP) is 1.58. The summed E-state index contributed by atoms with van der Waals surface area (Å²) in [5.74, 6) is 1.36. The summed E-state index contributed by atoms with van der Waals surface area (Å²) in [4.78, 5) is 13.8. The highest BCUT2D eigenvalue weighted by atomic mass is 32.2. The number of sulfone groups is 1. The van der Waals surface area contributed by atoms with Crippen LogP contribution in [0.2, 0.25) is 0 Å². The van der Waals surface area contributed by atoms with Gasteiger partial charge in [-0.05, 0) is 36.4 Å². The summed E-state index contributed by atoms with van der Waals surface area (Å²) >= 11 is 0. The van der Waals surface area contributed by atoms with E-state index >= 15 is 0 Å². The molecule has 130 valence electrons. The van der Waals surface area contributed by atoms with Crippen molar-refractivity contribution in [2.45, 2.75) is 12.1 Å². The smallest absolute Gasteiger partial charge is 0.239 e. The molecule has 2 aliphatic heterocycles. The fourth-order valence-electron chi connectivity index (χ4n) is 3.41. The lowest BCUT2D eigenvalue weighted by Gasteiger charge is -2.38. The number of benzene rings is 2. The number of carbonyl (C=O) groups excluding carboxylic acids is 1. The van der Waals surface area contributed by atoms with Crippen LogP contribution in [-0.4, -0.2) is 44.5 Å². The number of ether oxygens (including phenoxy) is 1. The van der Waals surface area contributed by atoms with Gasteiger partial charge in [0.2, 0.25) is 5.91 Å². The lowest BCUT2D eigenvalue weighted by molar-refractivity contribution is -0.121. The molecule has 0 unspecified atom stereocenters. The number of nitrogens with one attached hydrogen (secondary N) is 1. The standard InChI is InChI=1S/C18H18N2O4S/c21-18-10-20(17-12-25(22,23)11-16(17)19-18)13-6-8-15(9-7-13)24-14-4-2-1-3-5-14/h1-9,16-17H,10-12H2,(H,19,21)/t16-,17-/m0/s1. The van der Waals surface area contributed by atoms with Gasteiger partial charge in [0.15, 0.2) is 9.84 Å². The van der Waals surface area contributed by atoms with Crippen LogP contribution in [0.25, 0.3) is 0 Å². The monoisotopic (exact) mass is 358 g/mol. The van der Waals surface area contributed by atoms with E-state index in [4.69, 9.17) is 4.74 Å². The largest absolute Gasteiger partial charge is 0.457 e. The van der Waals surface area contributed by atoms with Crippen LogP contribution >= 0.6 is 0 Å². The predicted molar refractivity (Wildman–Crippen MR) is 94.7 cm³/mol. The van der Waals surface area contributed by atoms with Crippen molar-refractivity contribution in [1.29, 1.82) is 0 Å². The van der Waals surface area contributed by atoms with Crippen molar-refractivity contribution in [1.82, 2.24) is 5.32 Å². The first-order chi connectivity index (χ1) is 12.0. The SMILES string of the molecule is O=C1CN(c2ccc(Oc3ccccc3)cc2)[C@H]2CS(=O)(=O)C[C@@H]2N1. The summed E-state index contributed by atoms with van der Waals surface area (Å²) in [5, 5.41) is 2.79. The van der Waals surface area contributed by atoms with Gasteiger partial charge in [0.05, 0.1) is 30.1 Å². The highest BCUT2D eigenvalue weighted by Crippen LogP contribution is 2.29. The van der Waals surface area contributed by atoms with Gasteiger partial charge >= 0.3 is 0 Å². The maximum atomic E-state index is 11.9. The van der Waals surface area contributed by atoms with Gasteiger partial charge in [0, 0.05) is 5.69 Å². The van der Waals surface area contributed by atoms with Crippen molar-refractivity contribution in [3.8, 4) is 11.5 Å². The van der Waals surface area contributed by atoms with Crippen molar-refractivity contribution in [3.05, 3.63) is 54.6 Å². The lowest BCUT2D eigenvalue weighted by atomic mass is 10.1. The van der Waals surface area contributed by atoms with Crippen LogP contribution in [0.15, 0.2) is 54.6 Å². The molecule has 6 nitrogen and oxygen atoms in total. The first kappa shape index (κ1) is 16.0. The maximum Gasteiger partial charge on any atom is 0.239 e. The summed E-state index contributed by atoms with van der Waals surface area (Å²) in [6.07, 6.45) is 0. The fourth-order valence-corrected chi connectivity index (χ4v) is 5.33. The molecule has 2 aromatic rings. The highest BCUT2D eigenvalue weighted by molar-refractivity contribution is 7.91. The van der Waals surface area contributed by atoms with Crippen LogP contribution in [0.3, 0.4) is 0 Å². The number of para-hydroxylation sites is 1. The number of hydrogen-bond donors (Lipinski definition) is 1. The van der Waals surface area contributed by atoms with E-state index < -0.39 is 9.84 Å². The Hall–Kier alpha value is -2.54. The van der Waals surface area contributed by atoms with E-state index in [0.29, 0.717) is 5.75 Å². The van der Waals surface area contributed by atoms with Crippen molar-refractivity contribution >= 4 is 21.4 Å². The molecule has 25 heavy (non-hydrogen) atoms. The Balaban J connectivity index is 1.55. The molecule has 0 radical (unpaired) electrons. The van der Waals surface area contributed by atoms with Crippen molar-refractivity contribution < 1.29 is 17.9 Å². The Labute approximate surface area is 146 Å². The molecule has 0 aromatic heterocycles. The minimum Gasteiger partial charge on any atom is -0.457 e. The van der Waals surface area contributed by atoms with Gasteiger partial charge in [-0.25, -0.2) is 8.42 Å². The first-order valence-corrected chi connectivity index (χ1v) is 9.92. The Morgan fingerprint density at radius 1 is 0.960 bits per heavy atom. The fraction of sp³-hybridized carbons (Fsp3) is 0.278. The third kappa shape index (κ3) is 3.32. The molecule has 0 saturated carbocycles. The zero-order valence-corrected chi connectivity index (χ0v) is 14.3. The van der Waals surface area contributed by atoms with Gasteiger partial charge in [-0.2, -0.15) is 0 Å². The van der Waals surface area contributed by atoms with E-state index in [2.05, 4.69) is 5.32 Å². The van der Waals surface area contributed by atoms with Crippen molar-refractivity contribution in [2.24, 2.45) is 0 Å². The summed E-state index contributed by atoms with van der Waals surface area (Å²) in [6, 6.07) is 16.3. The van der Waals surface area contributed by atoms with E-state index in [9.17, 15) is 13.2 Å². The zero-order valence-electron chi connectivity index (χ0n) is 13.5. The van der Waals surface area contributed by atoms with Crippen molar-refractivity contribution in [2.75, 3.05) is 23.0 Å². The van der Waals surface area contributed by atoms with E-state index in [1.54, 1.807) is 0 Å². The van der Waals surface area contributed by atoms with Crippen LogP contribution in [0, 0.1) is 0 Å². The van der Waals surface area contributed by atoms with E-state index in [1.807, 2.05) is 59.5 Å². The second kappa shape index (κ2) is 6.07. The van der Waals surface area contributed by atoms with Gasteiger partial charge in [0.1, 0.15) is 11.5 Å². The normalized spacial score (nSPS) is 24.5.